The van der Waals surface area contributed by atoms with Gasteiger partial charge in [-0.1, -0.05) is 30.3 Å². The Hall–Kier alpha value is -2.34. The average molecular weight is 226 g/mol. The summed E-state index contributed by atoms with van der Waals surface area (Å²) >= 11 is 0. The summed E-state index contributed by atoms with van der Waals surface area (Å²) in [5.41, 5.74) is 7.74. The van der Waals surface area contributed by atoms with E-state index in [9.17, 15) is 4.39 Å². The van der Waals surface area contributed by atoms with Crippen molar-refractivity contribution in [2.75, 3.05) is 5.73 Å². The fourth-order valence-corrected chi connectivity index (χ4v) is 1.70. The Morgan fingerprint density at radius 3 is 2.53 bits per heavy atom. The van der Waals surface area contributed by atoms with E-state index >= 15 is 0 Å². The molecular weight excluding hydrogens is 215 g/mol. The van der Waals surface area contributed by atoms with E-state index in [4.69, 9.17) is 11.0 Å². The van der Waals surface area contributed by atoms with Gasteiger partial charge >= 0.3 is 0 Å². The van der Waals surface area contributed by atoms with Gasteiger partial charge in [-0.25, -0.2) is 4.39 Å². The van der Waals surface area contributed by atoms with Crippen LogP contribution in [0.25, 0.3) is 0 Å². The monoisotopic (exact) mass is 226 g/mol. The molecule has 84 valence electrons. The number of nitrogen functional groups attached to an aromatic ring is 1. The largest absolute Gasteiger partial charge is 0.396 e. The Morgan fingerprint density at radius 1 is 1.18 bits per heavy atom. The second-order valence-electron chi connectivity index (χ2n) is 3.81. The highest BCUT2D eigenvalue weighted by molar-refractivity contribution is 5.51. The van der Waals surface area contributed by atoms with Crippen molar-refractivity contribution in [2.45, 2.75) is 6.42 Å². The molecule has 0 aliphatic rings. The molecule has 2 rings (SSSR count). The Balaban J connectivity index is 2.40. The van der Waals surface area contributed by atoms with Gasteiger partial charge in [0.25, 0.3) is 0 Å². The number of anilines is 1. The molecule has 2 nitrogen and oxygen atoms in total. The molecular formula is C14H11FN2. The fraction of sp³-hybridized carbons (Fsp3) is 0.0714. The second kappa shape index (κ2) is 4.67. The third-order valence-corrected chi connectivity index (χ3v) is 2.58. The van der Waals surface area contributed by atoms with E-state index in [-0.39, 0.29) is 5.69 Å². The molecule has 0 spiro atoms. The first-order valence-electron chi connectivity index (χ1n) is 5.22. The summed E-state index contributed by atoms with van der Waals surface area (Å²) in [6.07, 6.45) is 0.578. The van der Waals surface area contributed by atoms with Gasteiger partial charge in [-0.3, -0.25) is 0 Å². The number of nitrogens with two attached hydrogens (primary N) is 1. The molecule has 0 bridgehead atoms. The number of rotatable bonds is 2. The molecule has 0 heterocycles. The SMILES string of the molecule is N#Cc1cc(F)c(N)cc1Cc1ccccc1. The second-order valence-corrected chi connectivity index (χ2v) is 3.81. The molecule has 0 fully saturated rings. The summed E-state index contributed by atoms with van der Waals surface area (Å²) in [5, 5.41) is 8.95. The smallest absolute Gasteiger partial charge is 0.147 e. The number of halogens is 1. The standard InChI is InChI=1S/C14H11FN2/c15-13-7-12(9-16)11(8-14(13)17)6-10-4-2-1-3-5-10/h1-5,7-8H,6,17H2. The van der Waals surface area contributed by atoms with E-state index in [0.717, 1.165) is 11.1 Å². The molecule has 3 heteroatoms. The van der Waals surface area contributed by atoms with Crippen LogP contribution in [0.4, 0.5) is 10.1 Å². The van der Waals surface area contributed by atoms with Crippen molar-refractivity contribution in [1.29, 1.82) is 5.26 Å². The van der Waals surface area contributed by atoms with Crippen LogP contribution in [0.3, 0.4) is 0 Å². The maximum atomic E-state index is 13.2. The van der Waals surface area contributed by atoms with Gasteiger partial charge in [0.2, 0.25) is 0 Å². The Morgan fingerprint density at radius 2 is 1.88 bits per heavy atom. The lowest BCUT2D eigenvalue weighted by molar-refractivity contribution is 0.631. The van der Waals surface area contributed by atoms with E-state index in [1.165, 1.54) is 12.1 Å². The quantitative estimate of drug-likeness (QED) is 0.800. The molecule has 2 aromatic carbocycles. The van der Waals surface area contributed by atoms with Crippen molar-refractivity contribution in [3.05, 3.63) is 65.0 Å². The third-order valence-electron chi connectivity index (χ3n) is 2.58. The van der Waals surface area contributed by atoms with Crippen LogP contribution < -0.4 is 5.73 Å². The third kappa shape index (κ3) is 2.43. The molecule has 2 aromatic rings. The Bertz CT molecular complexity index is 571. The summed E-state index contributed by atoms with van der Waals surface area (Å²) in [6.45, 7) is 0. The van der Waals surface area contributed by atoms with Crippen molar-refractivity contribution >= 4 is 5.69 Å². The molecule has 0 aliphatic heterocycles. The highest BCUT2D eigenvalue weighted by atomic mass is 19.1. The van der Waals surface area contributed by atoms with Crippen molar-refractivity contribution in [2.24, 2.45) is 0 Å². The van der Waals surface area contributed by atoms with Gasteiger partial charge in [-0.15, -0.1) is 0 Å². The first kappa shape index (κ1) is 11.2. The number of hydrogen-bond acceptors (Lipinski definition) is 2. The lowest BCUT2D eigenvalue weighted by atomic mass is 9.99. The summed E-state index contributed by atoms with van der Waals surface area (Å²) in [4.78, 5) is 0. The Labute approximate surface area is 99.1 Å². The van der Waals surface area contributed by atoms with Crippen LogP contribution >= 0.6 is 0 Å². The van der Waals surface area contributed by atoms with E-state index < -0.39 is 5.82 Å². The molecule has 0 radical (unpaired) electrons. The topological polar surface area (TPSA) is 49.8 Å². The van der Waals surface area contributed by atoms with Crippen LogP contribution in [0.5, 0.6) is 0 Å². The highest BCUT2D eigenvalue weighted by Crippen LogP contribution is 2.20. The van der Waals surface area contributed by atoms with Crippen LogP contribution in [0, 0.1) is 17.1 Å². The number of nitrogens with zero attached hydrogens (tertiary/aromatic N) is 1. The molecule has 17 heavy (non-hydrogen) atoms. The van der Waals surface area contributed by atoms with Crippen molar-refractivity contribution < 1.29 is 4.39 Å². The van der Waals surface area contributed by atoms with Crippen LogP contribution in [0.1, 0.15) is 16.7 Å². The van der Waals surface area contributed by atoms with Gasteiger partial charge in [0.05, 0.1) is 17.3 Å². The van der Waals surface area contributed by atoms with Crippen LogP contribution in [-0.4, -0.2) is 0 Å². The van der Waals surface area contributed by atoms with Gasteiger partial charge in [0.1, 0.15) is 5.82 Å². The van der Waals surface area contributed by atoms with E-state index in [0.29, 0.717) is 12.0 Å². The summed E-state index contributed by atoms with van der Waals surface area (Å²) < 4.78 is 13.2. The summed E-state index contributed by atoms with van der Waals surface area (Å²) in [7, 11) is 0. The van der Waals surface area contributed by atoms with Gasteiger partial charge in [-0.2, -0.15) is 5.26 Å². The van der Waals surface area contributed by atoms with E-state index in [1.807, 2.05) is 36.4 Å². The predicted molar refractivity (Wildman–Crippen MR) is 64.8 cm³/mol. The maximum absolute atomic E-state index is 13.2. The molecule has 2 N–H and O–H groups in total. The lowest BCUT2D eigenvalue weighted by Crippen LogP contribution is -1.98. The van der Waals surface area contributed by atoms with Crippen molar-refractivity contribution in [3.8, 4) is 6.07 Å². The number of nitriles is 1. The minimum atomic E-state index is -0.543. The number of benzene rings is 2. The molecule has 0 saturated heterocycles. The lowest BCUT2D eigenvalue weighted by Gasteiger charge is -2.06. The minimum absolute atomic E-state index is 0.0786. The van der Waals surface area contributed by atoms with Gasteiger partial charge in [-0.05, 0) is 29.7 Å². The van der Waals surface area contributed by atoms with Crippen LogP contribution in [0.2, 0.25) is 0 Å². The first-order valence-corrected chi connectivity index (χ1v) is 5.22. The zero-order valence-corrected chi connectivity index (χ0v) is 9.15. The molecule has 0 aromatic heterocycles. The fourth-order valence-electron chi connectivity index (χ4n) is 1.70. The highest BCUT2D eigenvalue weighted by Gasteiger charge is 2.08. The zero-order valence-electron chi connectivity index (χ0n) is 9.15. The van der Waals surface area contributed by atoms with Gasteiger partial charge in [0, 0.05) is 0 Å². The van der Waals surface area contributed by atoms with Crippen molar-refractivity contribution in [1.82, 2.24) is 0 Å². The zero-order chi connectivity index (χ0) is 12.3. The van der Waals surface area contributed by atoms with Gasteiger partial charge in [0.15, 0.2) is 0 Å². The normalized spacial score (nSPS) is 9.88. The summed E-state index contributed by atoms with van der Waals surface area (Å²) in [6, 6.07) is 14.4. The van der Waals surface area contributed by atoms with Crippen molar-refractivity contribution in [3.63, 3.8) is 0 Å². The van der Waals surface area contributed by atoms with Crippen LogP contribution in [0.15, 0.2) is 42.5 Å². The Kier molecular flexibility index (Phi) is 3.06. The number of hydrogen-bond donors (Lipinski definition) is 1. The minimum Gasteiger partial charge on any atom is -0.396 e. The summed E-state index contributed by atoms with van der Waals surface area (Å²) in [5.74, 6) is -0.543. The molecule has 0 saturated carbocycles. The first-order chi connectivity index (χ1) is 8.20. The molecule has 0 amide bonds. The average Bonchev–Trinajstić information content (AvgIpc) is 2.35. The van der Waals surface area contributed by atoms with E-state index in [2.05, 4.69) is 0 Å². The maximum Gasteiger partial charge on any atom is 0.147 e. The van der Waals surface area contributed by atoms with Gasteiger partial charge < -0.3 is 5.73 Å². The van der Waals surface area contributed by atoms with E-state index in [1.54, 1.807) is 0 Å². The van der Waals surface area contributed by atoms with Crippen LogP contribution in [-0.2, 0) is 6.42 Å². The predicted octanol–water partition coefficient (Wildman–Crippen LogP) is 2.87. The molecule has 0 aliphatic carbocycles. The molecule has 0 unspecified atom stereocenters. The molecule has 0 atom stereocenters.